The minimum absolute atomic E-state index is 0.251. The highest BCUT2D eigenvalue weighted by molar-refractivity contribution is 5.87. The maximum atomic E-state index is 13.2. The third kappa shape index (κ3) is 4.23. The zero-order chi connectivity index (χ0) is 18.7. The molecule has 138 valence electrons. The highest BCUT2D eigenvalue weighted by atomic mass is 19.3. The highest BCUT2D eigenvalue weighted by Gasteiger charge is 2.22. The second-order valence-corrected chi connectivity index (χ2v) is 6.22. The van der Waals surface area contributed by atoms with Crippen molar-refractivity contribution in [3.63, 3.8) is 0 Å². The van der Waals surface area contributed by atoms with Crippen LogP contribution in [0.3, 0.4) is 0 Å². The van der Waals surface area contributed by atoms with E-state index in [-0.39, 0.29) is 6.04 Å². The van der Waals surface area contributed by atoms with Gasteiger partial charge in [0.1, 0.15) is 5.82 Å². The van der Waals surface area contributed by atoms with Crippen LogP contribution in [-0.4, -0.2) is 38.8 Å². The smallest absolute Gasteiger partial charge is 0.262 e. The van der Waals surface area contributed by atoms with Crippen LogP contribution in [0, 0.1) is 0 Å². The predicted octanol–water partition coefficient (Wildman–Crippen LogP) is 2.54. The van der Waals surface area contributed by atoms with Crippen LogP contribution in [-0.2, 0) is 7.05 Å². The fourth-order valence-corrected chi connectivity index (χ4v) is 2.49. The quantitative estimate of drug-likeness (QED) is 0.599. The maximum absolute atomic E-state index is 13.2. The Hall–Kier alpha value is -2.81. The molecule has 0 aliphatic carbocycles. The predicted molar refractivity (Wildman–Crippen MR) is 97.3 cm³/mol. The zero-order valence-corrected chi connectivity index (χ0v) is 14.6. The number of halogens is 2. The van der Waals surface area contributed by atoms with Gasteiger partial charge < -0.3 is 16.4 Å². The number of benzene rings is 1. The fourth-order valence-electron chi connectivity index (χ4n) is 2.49. The Bertz CT molecular complexity index is 874. The summed E-state index contributed by atoms with van der Waals surface area (Å²) in [7, 11) is 1.73. The average Bonchev–Trinajstić information content (AvgIpc) is 2.99. The van der Waals surface area contributed by atoms with E-state index in [1.807, 2.05) is 30.3 Å². The van der Waals surface area contributed by atoms with Crippen LogP contribution in [0.25, 0.3) is 11.0 Å². The van der Waals surface area contributed by atoms with E-state index in [1.54, 1.807) is 17.9 Å². The molecule has 3 aromatic rings. The second-order valence-electron chi connectivity index (χ2n) is 6.22. The Kier molecular flexibility index (Phi) is 4.99. The van der Waals surface area contributed by atoms with Crippen LogP contribution < -0.4 is 16.4 Å². The Morgan fingerprint density at radius 1 is 1.19 bits per heavy atom. The number of hydrogen-bond donors (Lipinski definition) is 3. The molecule has 2 aromatic heterocycles. The van der Waals surface area contributed by atoms with E-state index in [4.69, 9.17) is 5.73 Å². The number of anilines is 2. The Morgan fingerprint density at radius 2 is 1.92 bits per heavy atom. The molecule has 0 spiro atoms. The summed E-state index contributed by atoms with van der Waals surface area (Å²) in [6.45, 7) is 0.716. The Labute approximate surface area is 149 Å². The molecule has 0 saturated heterocycles. The largest absolute Gasteiger partial charge is 0.363 e. The lowest BCUT2D eigenvalue weighted by molar-refractivity contribution is 0.0367. The van der Waals surface area contributed by atoms with Crippen molar-refractivity contribution in [2.24, 2.45) is 12.8 Å². The van der Waals surface area contributed by atoms with Gasteiger partial charge in [0, 0.05) is 26.6 Å². The van der Waals surface area contributed by atoms with Gasteiger partial charge in [-0.15, -0.1) is 0 Å². The number of nitrogens with two attached hydrogens (primary N) is 1. The summed E-state index contributed by atoms with van der Waals surface area (Å²) >= 11 is 0. The standard InChI is InChI=1S/C17H21F2N7/c1-17(18,19)10-22-14-12-8-23-26(2)15(12)25-16(24-14)21-9-13(20)11-6-4-3-5-7-11/h3-8,13H,9-10,20H2,1-2H3,(H2,21,22,24,25)/t13-/m0/s1. The maximum Gasteiger partial charge on any atom is 0.262 e. The van der Waals surface area contributed by atoms with Crippen molar-refractivity contribution in [3.05, 3.63) is 42.1 Å². The van der Waals surface area contributed by atoms with Crippen LogP contribution in [0.2, 0.25) is 0 Å². The van der Waals surface area contributed by atoms with Crippen molar-refractivity contribution in [1.29, 1.82) is 0 Å². The summed E-state index contributed by atoms with van der Waals surface area (Å²) in [5.41, 5.74) is 7.69. The van der Waals surface area contributed by atoms with Gasteiger partial charge in [0.2, 0.25) is 5.95 Å². The van der Waals surface area contributed by atoms with Crippen molar-refractivity contribution in [1.82, 2.24) is 19.7 Å². The van der Waals surface area contributed by atoms with Crippen LogP contribution in [0.1, 0.15) is 18.5 Å². The molecule has 1 aromatic carbocycles. The van der Waals surface area contributed by atoms with Crippen molar-refractivity contribution >= 4 is 22.8 Å². The Morgan fingerprint density at radius 3 is 2.62 bits per heavy atom. The molecule has 0 aliphatic rings. The fraction of sp³-hybridized carbons (Fsp3) is 0.353. The topological polar surface area (TPSA) is 93.7 Å². The number of aryl methyl sites for hydroxylation is 1. The number of fused-ring (bicyclic) bond motifs is 1. The molecule has 4 N–H and O–H groups in total. The first-order valence-corrected chi connectivity index (χ1v) is 8.19. The summed E-state index contributed by atoms with van der Waals surface area (Å²) in [6.07, 6.45) is 1.55. The molecule has 26 heavy (non-hydrogen) atoms. The van der Waals surface area contributed by atoms with E-state index < -0.39 is 12.5 Å². The van der Waals surface area contributed by atoms with Crippen LogP contribution >= 0.6 is 0 Å². The van der Waals surface area contributed by atoms with E-state index in [0.29, 0.717) is 29.3 Å². The minimum atomic E-state index is -2.86. The summed E-state index contributed by atoms with van der Waals surface area (Å²) < 4.78 is 28.0. The van der Waals surface area contributed by atoms with Gasteiger partial charge in [-0.2, -0.15) is 15.1 Å². The summed E-state index contributed by atoms with van der Waals surface area (Å²) in [6, 6.07) is 9.38. The van der Waals surface area contributed by atoms with E-state index in [1.165, 1.54) is 0 Å². The van der Waals surface area contributed by atoms with E-state index in [2.05, 4.69) is 25.7 Å². The molecular formula is C17H21F2N7. The molecule has 0 aliphatic heterocycles. The van der Waals surface area contributed by atoms with Crippen LogP contribution in [0.5, 0.6) is 0 Å². The highest BCUT2D eigenvalue weighted by Crippen LogP contribution is 2.23. The van der Waals surface area contributed by atoms with Crippen molar-refractivity contribution in [3.8, 4) is 0 Å². The number of rotatable bonds is 7. The molecule has 0 radical (unpaired) electrons. The summed E-state index contributed by atoms with van der Waals surface area (Å²) in [5.74, 6) is -2.25. The van der Waals surface area contributed by atoms with E-state index in [9.17, 15) is 8.78 Å². The molecule has 0 unspecified atom stereocenters. The van der Waals surface area contributed by atoms with Gasteiger partial charge in [-0.25, -0.2) is 8.78 Å². The zero-order valence-electron chi connectivity index (χ0n) is 14.6. The number of nitrogens with one attached hydrogen (secondary N) is 2. The van der Waals surface area contributed by atoms with Gasteiger partial charge in [-0.3, -0.25) is 4.68 Å². The lowest BCUT2D eigenvalue weighted by atomic mass is 10.1. The average molecular weight is 361 g/mol. The van der Waals surface area contributed by atoms with Crippen LogP contribution in [0.15, 0.2) is 36.5 Å². The lowest BCUT2D eigenvalue weighted by Gasteiger charge is -2.15. The molecule has 3 rings (SSSR count). The monoisotopic (exact) mass is 361 g/mol. The van der Waals surface area contributed by atoms with Gasteiger partial charge in [-0.05, 0) is 5.56 Å². The number of nitrogens with zero attached hydrogens (tertiary/aromatic N) is 4. The van der Waals surface area contributed by atoms with Crippen LogP contribution in [0.4, 0.5) is 20.5 Å². The van der Waals surface area contributed by atoms with Gasteiger partial charge in [0.25, 0.3) is 5.92 Å². The van der Waals surface area contributed by atoms with E-state index >= 15 is 0 Å². The van der Waals surface area contributed by atoms with Crippen molar-refractivity contribution < 1.29 is 8.78 Å². The number of hydrogen-bond acceptors (Lipinski definition) is 6. The van der Waals surface area contributed by atoms with Gasteiger partial charge in [0.05, 0.1) is 18.1 Å². The first-order chi connectivity index (χ1) is 12.3. The normalized spacial score (nSPS) is 13.0. The van der Waals surface area contributed by atoms with Crippen molar-refractivity contribution in [2.75, 3.05) is 23.7 Å². The SMILES string of the molecule is Cn1ncc2c(NCC(C)(F)F)nc(NC[C@H](N)c3ccccc3)nc21. The molecule has 2 heterocycles. The minimum Gasteiger partial charge on any atom is -0.363 e. The number of aromatic nitrogens is 4. The lowest BCUT2D eigenvalue weighted by Crippen LogP contribution is -2.24. The molecule has 1 atom stereocenters. The summed E-state index contributed by atoms with van der Waals surface area (Å²) in [5, 5.41) is 10.4. The third-order valence-electron chi connectivity index (χ3n) is 3.87. The second kappa shape index (κ2) is 7.20. The third-order valence-corrected chi connectivity index (χ3v) is 3.87. The Balaban J connectivity index is 1.80. The first kappa shape index (κ1) is 18.0. The molecule has 0 saturated carbocycles. The molecule has 0 fully saturated rings. The molecule has 7 nitrogen and oxygen atoms in total. The van der Waals surface area contributed by atoms with Gasteiger partial charge >= 0.3 is 0 Å². The van der Waals surface area contributed by atoms with Crippen molar-refractivity contribution in [2.45, 2.75) is 18.9 Å². The van der Waals surface area contributed by atoms with Gasteiger partial charge in [0.15, 0.2) is 5.65 Å². The molecule has 0 amide bonds. The summed E-state index contributed by atoms with van der Waals surface area (Å²) in [4.78, 5) is 8.71. The van der Waals surface area contributed by atoms with Gasteiger partial charge in [-0.1, -0.05) is 30.3 Å². The molecule has 9 heteroatoms. The molecule has 0 bridgehead atoms. The first-order valence-electron chi connectivity index (χ1n) is 8.19. The van der Waals surface area contributed by atoms with E-state index in [0.717, 1.165) is 12.5 Å². The molecular weight excluding hydrogens is 340 g/mol. The number of alkyl halides is 2.